The molecule has 2 atom stereocenters. The van der Waals surface area contributed by atoms with Crippen molar-refractivity contribution in [1.29, 1.82) is 0 Å². The van der Waals surface area contributed by atoms with Crippen LogP contribution < -0.4 is 4.74 Å². The second-order valence-corrected chi connectivity index (χ2v) is 3.67. The van der Waals surface area contributed by atoms with Gasteiger partial charge in [0.05, 0.1) is 26.4 Å². The molecule has 0 aromatic heterocycles. The first-order valence-corrected chi connectivity index (χ1v) is 5.17. The Balaban J connectivity index is 1.98. The molecule has 0 radical (unpaired) electrons. The Morgan fingerprint density at radius 1 is 1.47 bits per heavy atom. The lowest BCUT2D eigenvalue weighted by molar-refractivity contribution is 0.0524. The summed E-state index contributed by atoms with van der Waals surface area (Å²) in [5.74, 6) is 0.877. The first-order valence-electron chi connectivity index (χ1n) is 5.17. The van der Waals surface area contributed by atoms with Gasteiger partial charge in [0.25, 0.3) is 0 Å². The molecule has 1 saturated heterocycles. The molecular formula is C12H16O3. The SMILES string of the molecule is COc1ccccc1[C@H](C)OC[C@@H]1CO1. The minimum absolute atomic E-state index is 0.0466. The molecule has 0 unspecified atom stereocenters. The Hall–Kier alpha value is -1.06. The van der Waals surface area contributed by atoms with Gasteiger partial charge in [0.1, 0.15) is 11.9 Å². The van der Waals surface area contributed by atoms with Crippen molar-refractivity contribution in [2.45, 2.75) is 19.1 Å². The number of hydrogen-bond donors (Lipinski definition) is 0. The number of methoxy groups -OCH3 is 1. The van der Waals surface area contributed by atoms with Gasteiger partial charge < -0.3 is 14.2 Å². The fourth-order valence-corrected chi connectivity index (χ4v) is 1.51. The third-order valence-electron chi connectivity index (χ3n) is 2.51. The Morgan fingerprint density at radius 2 is 2.20 bits per heavy atom. The Morgan fingerprint density at radius 3 is 2.87 bits per heavy atom. The van der Waals surface area contributed by atoms with Gasteiger partial charge in [-0.05, 0) is 13.0 Å². The van der Waals surface area contributed by atoms with E-state index in [1.165, 1.54) is 0 Å². The summed E-state index contributed by atoms with van der Waals surface area (Å²) in [5, 5.41) is 0. The van der Waals surface area contributed by atoms with Crippen LogP contribution in [-0.4, -0.2) is 26.4 Å². The highest BCUT2D eigenvalue weighted by Gasteiger charge is 2.24. The van der Waals surface area contributed by atoms with E-state index in [2.05, 4.69) is 0 Å². The van der Waals surface area contributed by atoms with Gasteiger partial charge in [-0.2, -0.15) is 0 Å². The monoisotopic (exact) mass is 208 g/mol. The summed E-state index contributed by atoms with van der Waals surface area (Å²) in [6.45, 7) is 3.53. The molecule has 3 heteroatoms. The summed E-state index contributed by atoms with van der Waals surface area (Å²) in [5.41, 5.74) is 1.08. The average molecular weight is 208 g/mol. The van der Waals surface area contributed by atoms with E-state index in [1.807, 2.05) is 31.2 Å². The van der Waals surface area contributed by atoms with Gasteiger partial charge in [-0.3, -0.25) is 0 Å². The standard InChI is InChI=1S/C12H16O3/c1-9(14-7-10-8-15-10)11-5-3-4-6-12(11)13-2/h3-6,9-10H,7-8H2,1-2H3/t9-,10+/m0/s1. The first kappa shape index (κ1) is 10.5. The molecule has 3 nitrogen and oxygen atoms in total. The molecule has 82 valence electrons. The lowest BCUT2D eigenvalue weighted by atomic mass is 10.1. The smallest absolute Gasteiger partial charge is 0.124 e. The summed E-state index contributed by atoms with van der Waals surface area (Å²) in [4.78, 5) is 0. The van der Waals surface area contributed by atoms with Crippen molar-refractivity contribution in [3.05, 3.63) is 29.8 Å². The van der Waals surface area contributed by atoms with E-state index in [0.29, 0.717) is 12.7 Å². The van der Waals surface area contributed by atoms with Gasteiger partial charge in [0.2, 0.25) is 0 Å². The minimum atomic E-state index is 0.0466. The van der Waals surface area contributed by atoms with Crippen LogP contribution in [0.3, 0.4) is 0 Å². The minimum Gasteiger partial charge on any atom is -0.496 e. The molecule has 1 aliphatic rings. The molecule has 0 aliphatic carbocycles. The third-order valence-corrected chi connectivity index (χ3v) is 2.51. The Kier molecular flexibility index (Phi) is 3.23. The van der Waals surface area contributed by atoms with Gasteiger partial charge in [0.15, 0.2) is 0 Å². The molecule has 0 spiro atoms. The van der Waals surface area contributed by atoms with Gasteiger partial charge in [-0.25, -0.2) is 0 Å². The fraction of sp³-hybridized carbons (Fsp3) is 0.500. The number of hydrogen-bond acceptors (Lipinski definition) is 3. The molecule has 2 rings (SSSR count). The van der Waals surface area contributed by atoms with Crippen molar-refractivity contribution in [3.63, 3.8) is 0 Å². The van der Waals surface area contributed by atoms with Crippen LogP contribution in [0.25, 0.3) is 0 Å². The van der Waals surface area contributed by atoms with E-state index in [4.69, 9.17) is 14.2 Å². The maximum Gasteiger partial charge on any atom is 0.124 e. The fourth-order valence-electron chi connectivity index (χ4n) is 1.51. The van der Waals surface area contributed by atoms with Crippen LogP contribution in [0.4, 0.5) is 0 Å². The lowest BCUT2D eigenvalue weighted by Crippen LogP contribution is -2.07. The van der Waals surface area contributed by atoms with E-state index < -0.39 is 0 Å². The number of epoxide rings is 1. The van der Waals surface area contributed by atoms with Crippen LogP contribution in [0, 0.1) is 0 Å². The topological polar surface area (TPSA) is 31.0 Å². The van der Waals surface area contributed by atoms with Gasteiger partial charge in [-0.15, -0.1) is 0 Å². The quantitative estimate of drug-likeness (QED) is 0.695. The van der Waals surface area contributed by atoms with E-state index in [1.54, 1.807) is 7.11 Å². The predicted octanol–water partition coefficient (Wildman–Crippen LogP) is 2.17. The summed E-state index contributed by atoms with van der Waals surface area (Å²) in [7, 11) is 1.68. The molecular weight excluding hydrogens is 192 g/mol. The van der Waals surface area contributed by atoms with E-state index in [0.717, 1.165) is 17.9 Å². The van der Waals surface area contributed by atoms with Crippen LogP contribution in [0.1, 0.15) is 18.6 Å². The zero-order valence-corrected chi connectivity index (χ0v) is 9.10. The van der Waals surface area contributed by atoms with Gasteiger partial charge in [0, 0.05) is 5.56 Å². The van der Waals surface area contributed by atoms with Crippen molar-refractivity contribution in [2.75, 3.05) is 20.3 Å². The molecule has 15 heavy (non-hydrogen) atoms. The van der Waals surface area contributed by atoms with Crippen LogP contribution in [0.15, 0.2) is 24.3 Å². The van der Waals surface area contributed by atoms with Gasteiger partial charge >= 0.3 is 0 Å². The van der Waals surface area contributed by atoms with E-state index in [-0.39, 0.29) is 6.10 Å². The number of benzene rings is 1. The molecule has 1 heterocycles. The molecule has 0 amide bonds. The molecule has 0 bridgehead atoms. The molecule has 0 N–H and O–H groups in total. The maximum atomic E-state index is 5.69. The molecule has 1 aromatic carbocycles. The van der Waals surface area contributed by atoms with Crippen molar-refractivity contribution >= 4 is 0 Å². The third kappa shape index (κ3) is 2.70. The Labute approximate surface area is 90.0 Å². The molecule has 1 aliphatic heterocycles. The van der Waals surface area contributed by atoms with Gasteiger partial charge in [-0.1, -0.05) is 18.2 Å². The number of rotatable bonds is 5. The van der Waals surface area contributed by atoms with Crippen molar-refractivity contribution in [2.24, 2.45) is 0 Å². The zero-order chi connectivity index (χ0) is 10.7. The summed E-state index contributed by atoms with van der Waals surface area (Å²) in [6.07, 6.45) is 0.354. The summed E-state index contributed by atoms with van der Waals surface area (Å²) < 4.78 is 16.1. The maximum absolute atomic E-state index is 5.69. The van der Waals surface area contributed by atoms with E-state index >= 15 is 0 Å². The van der Waals surface area contributed by atoms with Crippen LogP contribution in [0.5, 0.6) is 5.75 Å². The second-order valence-electron chi connectivity index (χ2n) is 3.67. The normalized spacial score (nSPS) is 21.1. The van der Waals surface area contributed by atoms with Crippen molar-refractivity contribution in [1.82, 2.24) is 0 Å². The van der Waals surface area contributed by atoms with Crippen LogP contribution >= 0.6 is 0 Å². The lowest BCUT2D eigenvalue weighted by Gasteiger charge is -2.15. The Bertz CT molecular complexity index is 320. The highest BCUT2D eigenvalue weighted by atomic mass is 16.6. The predicted molar refractivity (Wildman–Crippen MR) is 57.1 cm³/mol. The second kappa shape index (κ2) is 4.64. The zero-order valence-electron chi connectivity index (χ0n) is 9.10. The average Bonchev–Trinajstić information content (AvgIpc) is 3.09. The highest BCUT2D eigenvalue weighted by molar-refractivity contribution is 5.34. The summed E-state index contributed by atoms with van der Waals surface area (Å²) >= 11 is 0. The molecule has 1 fully saturated rings. The van der Waals surface area contributed by atoms with Crippen molar-refractivity contribution in [3.8, 4) is 5.75 Å². The first-order chi connectivity index (χ1) is 7.31. The highest BCUT2D eigenvalue weighted by Crippen LogP contribution is 2.27. The van der Waals surface area contributed by atoms with E-state index in [9.17, 15) is 0 Å². The number of ether oxygens (including phenoxy) is 3. The molecule has 0 saturated carbocycles. The molecule has 1 aromatic rings. The summed E-state index contributed by atoms with van der Waals surface area (Å²) in [6, 6.07) is 7.92. The van der Waals surface area contributed by atoms with Crippen LogP contribution in [-0.2, 0) is 9.47 Å². The largest absolute Gasteiger partial charge is 0.496 e. The number of para-hydroxylation sites is 1. The van der Waals surface area contributed by atoms with Crippen LogP contribution in [0.2, 0.25) is 0 Å². The van der Waals surface area contributed by atoms with Crippen molar-refractivity contribution < 1.29 is 14.2 Å².